The van der Waals surface area contributed by atoms with Gasteiger partial charge in [-0.25, -0.2) is 4.39 Å². The highest BCUT2D eigenvalue weighted by Gasteiger charge is 2.27. The first kappa shape index (κ1) is 22.3. The summed E-state index contributed by atoms with van der Waals surface area (Å²) in [5, 5.41) is 0. The van der Waals surface area contributed by atoms with Gasteiger partial charge in [-0.3, -0.25) is 9.59 Å². The van der Waals surface area contributed by atoms with Crippen LogP contribution in [0, 0.1) is 11.7 Å². The summed E-state index contributed by atoms with van der Waals surface area (Å²) in [4.78, 5) is 31.6. The SMILES string of the molecule is O=C(CCc1ccc(F)cc1)N1CCC(CC(=O)N2CCN(c3ccccc3)CC2)CC1. The maximum absolute atomic E-state index is 13.0. The van der Waals surface area contributed by atoms with Crippen molar-refractivity contribution in [2.24, 2.45) is 5.92 Å². The summed E-state index contributed by atoms with van der Waals surface area (Å²) in [5.41, 5.74) is 2.20. The van der Waals surface area contributed by atoms with Crippen molar-refractivity contribution in [2.75, 3.05) is 44.2 Å². The van der Waals surface area contributed by atoms with E-state index in [2.05, 4.69) is 17.0 Å². The largest absolute Gasteiger partial charge is 0.368 e. The maximum atomic E-state index is 13.0. The van der Waals surface area contributed by atoms with Gasteiger partial charge in [0, 0.05) is 57.8 Å². The lowest BCUT2D eigenvalue weighted by Crippen LogP contribution is -2.49. The van der Waals surface area contributed by atoms with E-state index in [0.29, 0.717) is 25.2 Å². The fourth-order valence-electron chi connectivity index (χ4n) is 4.68. The predicted octanol–water partition coefficient (Wildman–Crippen LogP) is 3.74. The van der Waals surface area contributed by atoms with Crippen LogP contribution in [0.2, 0.25) is 0 Å². The molecule has 0 aromatic heterocycles. The molecule has 0 spiro atoms. The van der Waals surface area contributed by atoms with Gasteiger partial charge in [-0.05, 0) is 55.0 Å². The van der Waals surface area contributed by atoms with Crippen molar-refractivity contribution in [1.82, 2.24) is 9.80 Å². The third-order valence-electron chi connectivity index (χ3n) is 6.73. The second kappa shape index (κ2) is 10.6. The molecule has 2 heterocycles. The molecule has 0 N–H and O–H groups in total. The van der Waals surface area contributed by atoms with E-state index in [1.165, 1.54) is 17.8 Å². The average Bonchev–Trinajstić information content (AvgIpc) is 2.84. The van der Waals surface area contributed by atoms with Crippen molar-refractivity contribution in [3.8, 4) is 0 Å². The number of hydrogen-bond donors (Lipinski definition) is 0. The molecule has 0 aliphatic carbocycles. The molecule has 0 unspecified atom stereocenters. The summed E-state index contributed by atoms with van der Waals surface area (Å²) in [6, 6.07) is 16.7. The Labute approximate surface area is 189 Å². The number of piperidine rings is 1. The Hall–Kier alpha value is -2.89. The molecule has 2 saturated heterocycles. The van der Waals surface area contributed by atoms with E-state index in [-0.39, 0.29) is 17.6 Å². The van der Waals surface area contributed by atoms with Crippen LogP contribution in [0.1, 0.15) is 31.2 Å². The number of carbonyl (C=O) groups is 2. The zero-order chi connectivity index (χ0) is 22.3. The van der Waals surface area contributed by atoms with Gasteiger partial charge in [0.1, 0.15) is 5.82 Å². The Morgan fingerprint density at radius 3 is 2.06 bits per heavy atom. The lowest BCUT2D eigenvalue weighted by atomic mass is 9.92. The van der Waals surface area contributed by atoms with Crippen LogP contribution in [0.4, 0.5) is 10.1 Å². The average molecular weight is 438 g/mol. The highest BCUT2D eigenvalue weighted by Crippen LogP contribution is 2.23. The summed E-state index contributed by atoms with van der Waals surface area (Å²) in [5.74, 6) is 0.500. The number of halogens is 1. The number of carbonyl (C=O) groups excluding carboxylic acids is 2. The van der Waals surface area contributed by atoms with Crippen molar-refractivity contribution in [1.29, 1.82) is 0 Å². The molecule has 4 rings (SSSR count). The number of anilines is 1. The fourth-order valence-corrected chi connectivity index (χ4v) is 4.68. The van der Waals surface area contributed by atoms with Gasteiger partial charge in [0.15, 0.2) is 0 Å². The molecule has 2 aromatic rings. The van der Waals surface area contributed by atoms with Crippen LogP contribution in [-0.4, -0.2) is 60.9 Å². The van der Waals surface area contributed by atoms with Crippen molar-refractivity contribution >= 4 is 17.5 Å². The molecule has 2 aliphatic heterocycles. The summed E-state index contributed by atoms with van der Waals surface area (Å²) < 4.78 is 13.0. The molecule has 5 nitrogen and oxygen atoms in total. The minimum atomic E-state index is -0.255. The van der Waals surface area contributed by atoms with Crippen LogP contribution in [0.3, 0.4) is 0 Å². The van der Waals surface area contributed by atoms with E-state index in [4.69, 9.17) is 0 Å². The Bertz CT molecular complexity index is 887. The van der Waals surface area contributed by atoms with E-state index in [0.717, 1.165) is 57.7 Å². The zero-order valence-corrected chi connectivity index (χ0v) is 18.6. The van der Waals surface area contributed by atoms with Gasteiger partial charge in [-0.1, -0.05) is 30.3 Å². The summed E-state index contributed by atoms with van der Waals surface area (Å²) in [6.45, 7) is 4.74. The van der Waals surface area contributed by atoms with Crippen LogP contribution >= 0.6 is 0 Å². The molecule has 0 radical (unpaired) electrons. The smallest absolute Gasteiger partial charge is 0.222 e. The minimum absolute atomic E-state index is 0.149. The van der Waals surface area contributed by atoms with E-state index in [1.54, 1.807) is 12.1 Å². The summed E-state index contributed by atoms with van der Waals surface area (Å²) in [7, 11) is 0. The zero-order valence-electron chi connectivity index (χ0n) is 18.6. The molecule has 0 atom stereocenters. The number of nitrogens with zero attached hydrogens (tertiary/aromatic N) is 3. The molecule has 170 valence electrons. The van der Waals surface area contributed by atoms with E-state index in [1.807, 2.05) is 28.0 Å². The molecule has 2 aromatic carbocycles. The van der Waals surface area contributed by atoms with Gasteiger partial charge in [-0.15, -0.1) is 0 Å². The number of amides is 2. The van der Waals surface area contributed by atoms with Gasteiger partial charge < -0.3 is 14.7 Å². The van der Waals surface area contributed by atoms with Crippen LogP contribution < -0.4 is 4.90 Å². The minimum Gasteiger partial charge on any atom is -0.368 e. The van der Waals surface area contributed by atoms with Crippen molar-refractivity contribution in [2.45, 2.75) is 32.1 Å². The van der Waals surface area contributed by atoms with Crippen molar-refractivity contribution in [3.63, 3.8) is 0 Å². The first-order valence-electron chi connectivity index (χ1n) is 11.7. The number of rotatable bonds is 6. The molecule has 6 heteroatoms. The maximum Gasteiger partial charge on any atom is 0.222 e. The lowest BCUT2D eigenvalue weighted by molar-refractivity contribution is -0.134. The Balaban J connectivity index is 1.16. The van der Waals surface area contributed by atoms with E-state index < -0.39 is 0 Å². The fraction of sp³-hybridized carbons (Fsp3) is 0.462. The quantitative estimate of drug-likeness (QED) is 0.692. The monoisotopic (exact) mass is 437 g/mol. The molecule has 32 heavy (non-hydrogen) atoms. The molecule has 2 amide bonds. The Morgan fingerprint density at radius 2 is 1.41 bits per heavy atom. The highest BCUT2D eigenvalue weighted by molar-refractivity contribution is 5.77. The van der Waals surface area contributed by atoms with Crippen LogP contribution in [0.15, 0.2) is 54.6 Å². The van der Waals surface area contributed by atoms with Gasteiger partial charge in [-0.2, -0.15) is 0 Å². The Morgan fingerprint density at radius 1 is 0.781 bits per heavy atom. The number of piperazine rings is 1. The Kier molecular flexibility index (Phi) is 7.40. The summed E-state index contributed by atoms with van der Waals surface area (Å²) >= 11 is 0. The first-order valence-corrected chi connectivity index (χ1v) is 11.7. The van der Waals surface area contributed by atoms with Crippen molar-refractivity contribution in [3.05, 3.63) is 66.0 Å². The van der Waals surface area contributed by atoms with Gasteiger partial charge in [0.05, 0.1) is 0 Å². The van der Waals surface area contributed by atoms with Crippen molar-refractivity contribution < 1.29 is 14.0 Å². The molecule has 2 aliphatic rings. The standard InChI is InChI=1S/C26H32FN3O2/c27-23-9-6-21(7-10-23)8-11-25(31)29-14-12-22(13-15-29)20-26(32)30-18-16-28(17-19-30)24-4-2-1-3-5-24/h1-7,9-10,22H,8,11-20H2. The number of benzene rings is 2. The number of aryl methyl sites for hydroxylation is 1. The number of hydrogen-bond acceptors (Lipinski definition) is 3. The van der Waals surface area contributed by atoms with E-state index in [9.17, 15) is 14.0 Å². The molecular formula is C26H32FN3O2. The van der Waals surface area contributed by atoms with Gasteiger partial charge in [0.2, 0.25) is 11.8 Å². The van der Waals surface area contributed by atoms with Gasteiger partial charge in [0.25, 0.3) is 0 Å². The third kappa shape index (κ3) is 5.87. The molecule has 2 fully saturated rings. The molecular weight excluding hydrogens is 405 g/mol. The second-order valence-corrected chi connectivity index (χ2v) is 8.86. The number of para-hydroxylation sites is 1. The van der Waals surface area contributed by atoms with E-state index >= 15 is 0 Å². The first-order chi connectivity index (χ1) is 15.6. The van der Waals surface area contributed by atoms with Crippen LogP contribution in [-0.2, 0) is 16.0 Å². The highest BCUT2D eigenvalue weighted by atomic mass is 19.1. The third-order valence-corrected chi connectivity index (χ3v) is 6.73. The van der Waals surface area contributed by atoms with Crippen LogP contribution in [0.5, 0.6) is 0 Å². The number of likely N-dealkylation sites (tertiary alicyclic amines) is 1. The normalized spacial score (nSPS) is 17.5. The second-order valence-electron chi connectivity index (χ2n) is 8.86. The van der Waals surface area contributed by atoms with Crippen LogP contribution in [0.25, 0.3) is 0 Å². The predicted molar refractivity (Wildman–Crippen MR) is 124 cm³/mol. The van der Waals surface area contributed by atoms with Gasteiger partial charge >= 0.3 is 0 Å². The topological polar surface area (TPSA) is 43.9 Å². The molecule has 0 saturated carbocycles. The molecule has 0 bridgehead atoms. The summed E-state index contributed by atoms with van der Waals surface area (Å²) in [6.07, 6.45) is 3.44. The lowest BCUT2D eigenvalue weighted by Gasteiger charge is -2.37.